The minimum atomic E-state index is 0.819. The molecule has 0 fully saturated rings. The van der Waals surface area contributed by atoms with Gasteiger partial charge in [0.2, 0.25) is 0 Å². The molecule has 0 atom stereocenters. The zero-order valence-electron chi connectivity index (χ0n) is 3.12. The molecule has 0 aliphatic heterocycles. The molecular weight excluding hydrogens is 53.0 g/mol. The van der Waals surface area contributed by atoms with Crippen molar-refractivity contribution < 1.29 is 4.74 Å². The van der Waals surface area contributed by atoms with Gasteiger partial charge in [-0.1, -0.05) is 0 Å². The average molecular weight is 61.1 g/mol. The molecular formula is C3H8O. The van der Waals surface area contributed by atoms with E-state index in [0.717, 1.165) is 6.61 Å². The first kappa shape index (κ1) is 3.96. The fourth-order valence-corrected chi connectivity index (χ4v) is 0. The quantitative estimate of drug-likeness (QED) is 0.432. The van der Waals surface area contributed by atoms with Gasteiger partial charge in [0.15, 0.2) is 0 Å². The molecule has 26 valence electrons. The average Bonchev–Trinajstić information content (AvgIpc) is 1.37. The molecule has 0 saturated heterocycles. The predicted octanol–water partition coefficient (Wildman–Crippen LogP) is 0.653. The zero-order valence-corrected chi connectivity index (χ0v) is 3.12. The topological polar surface area (TPSA) is 9.23 Å². The van der Waals surface area contributed by atoms with E-state index in [0.29, 0.717) is 0 Å². The molecule has 0 spiro atoms. The lowest BCUT2D eigenvalue weighted by Gasteiger charge is -1.76. The highest BCUT2D eigenvalue weighted by Gasteiger charge is 1.51. The molecule has 0 rings (SSSR count). The molecule has 0 amide bonds. The molecule has 0 aliphatic rings. The summed E-state index contributed by atoms with van der Waals surface area (Å²) in [5, 5.41) is 0. The fourth-order valence-electron chi connectivity index (χ4n) is 0. The van der Waals surface area contributed by atoms with Gasteiger partial charge in [-0.25, -0.2) is 0 Å². The van der Waals surface area contributed by atoms with E-state index in [4.69, 9.17) is 0 Å². The molecule has 0 aromatic carbocycles. The van der Waals surface area contributed by atoms with Crippen LogP contribution in [0.4, 0.5) is 0 Å². The summed E-state index contributed by atoms with van der Waals surface area (Å²) in [6.07, 6.45) is 0. The van der Waals surface area contributed by atoms with Crippen LogP contribution in [0.15, 0.2) is 0 Å². The maximum absolute atomic E-state index is 4.54. The molecule has 4 heavy (non-hydrogen) atoms. The highest BCUT2D eigenvalue weighted by Crippen LogP contribution is 1.52. The van der Waals surface area contributed by atoms with Crippen LogP contribution in [0.1, 0.15) is 6.92 Å². The van der Waals surface area contributed by atoms with Gasteiger partial charge < -0.3 is 4.74 Å². The number of rotatable bonds is 1. The minimum Gasteiger partial charge on any atom is -0.385 e. The largest absolute Gasteiger partial charge is 0.385 e. The summed E-state index contributed by atoms with van der Waals surface area (Å²) in [4.78, 5) is 0. The van der Waals surface area contributed by atoms with E-state index in [1.165, 1.54) is 0 Å². The Balaban J connectivity index is 1.97. The lowest BCUT2D eigenvalue weighted by Crippen LogP contribution is -1.73. The van der Waals surface area contributed by atoms with Crippen molar-refractivity contribution >= 4 is 0 Å². The van der Waals surface area contributed by atoms with Crippen molar-refractivity contribution in [2.24, 2.45) is 0 Å². The molecule has 0 heterocycles. The van der Waals surface area contributed by atoms with Crippen LogP contribution >= 0.6 is 0 Å². The van der Waals surface area contributed by atoms with Crippen molar-refractivity contribution in [1.82, 2.24) is 0 Å². The Labute approximate surface area is 26.6 Å². The van der Waals surface area contributed by atoms with Crippen LogP contribution in [0.2, 0.25) is 0 Å². The summed E-state index contributed by atoms with van der Waals surface area (Å²) in [7, 11) is 1.68. The minimum absolute atomic E-state index is 0.819. The molecule has 0 unspecified atom stereocenters. The van der Waals surface area contributed by atoms with E-state index >= 15 is 0 Å². The standard InChI is InChI=1S/C3H8O/c1-3-4-2/h3H2,1-2H3/i4+1. The normalized spacial score (nSPS) is 7.50. The monoisotopic (exact) mass is 61.1 g/mol. The van der Waals surface area contributed by atoms with Gasteiger partial charge in [0, 0.05) is 13.7 Å². The van der Waals surface area contributed by atoms with Gasteiger partial charge in [-0.2, -0.15) is 0 Å². The Bertz CT molecular complexity index is 5.25. The fraction of sp³-hybridized carbons (Fsp3) is 1.00. The summed E-state index contributed by atoms with van der Waals surface area (Å²) < 4.78 is 4.54. The second-order valence-corrected chi connectivity index (χ2v) is 0.577. The van der Waals surface area contributed by atoms with E-state index < -0.39 is 0 Å². The molecule has 0 aliphatic carbocycles. The number of hydrogen-bond acceptors (Lipinski definition) is 1. The highest BCUT2D eigenvalue weighted by molar-refractivity contribution is 3.94. The summed E-state index contributed by atoms with van der Waals surface area (Å²) >= 11 is 0. The van der Waals surface area contributed by atoms with E-state index in [9.17, 15) is 0 Å². The Kier molecular flexibility index (Phi) is 2.93. The second-order valence-electron chi connectivity index (χ2n) is 0.577. The highest BCUT2D eigenvalue weighted by atomic mass is 17.4. The van der Waals surface area contributed by atoms with Crippen molar-refractivity contribution in [3.8, 4) is 0 Å². The Morgan fingerprint density at radius 3 is 2.00 bits per heavy atom. The van der Waals surface area contributed by atoms with Gasteiger partial charge in [-0.15, -0.1) is 0 Å². The van der Waals surface area contributed by atoms with Crippen molar-refractivity contribution in [2.75, 3.05) is 13.7 Å². The lowest BCUT2D eigenvalue weighted by molar-refractivity contribution is 0.215. The summed E-state index contributed by atoms with van der Waals surface area (Å²) in [5.74, 6) is 0. The van der Waals surface area contributed by atoms with Crippen molar-refractivity contribution in [3.63, 3.8) is 0 Å². The number of hydrogen-bond donors (Lipinski definition) is 0. The van der Waals surface area contributed by atoms with Crippen LogP contribution in [-0.4, -0.2) is 13.7 Å². The predicted molar refractivity (Wildman–Crippen MR) is 17.6 cm³/mol. The molecule has 0 aromatic heterocycles. The first-order chi connectivity index (χ1) is 1.91. The van der Waals surface area contributed by atoms with Gasteiger partial charge in [-0.05, 0) is 6.92 Å². The molecule has 0 aromatic rings. The van der Waals surface area contributed by atoms with Crippen LogP contribution < -0.4 is 0 Å². The first-order valence-electron chi connectivity index (χ1n) is 1.40. The van der Waals surface area contributed by atoms with Crippen LogP contribution in [0, 0.1) is 0 Å². The van der Waals surface area contributed by atoms with Crippen LogP contribution in [0.3, 0.4) is 0 Å². The van der Waals surface area contributed by atoms with Gasteiger partial charge in [0.05, 0.1) is 0 Å². The van der Waals surface area contributed by atoms with Crippen molar-refractivity contribution in [2.45, 2.75) is 6.92 Å². The van der Waals surface area contributed by atoms with Gasteiger partial charge in [-0.3, -0.25) is 0 Å². The number of ether oxygens (including phenoxy) is 1. The van der Waals surface area contributed by atoms with Crippen LogP contribution in [0.25, 0.3) is 0 Å². The van der Waals surface area contributed by atoms with Crippen LogP contribution in [0.5, 0.6) is 0 Å². The maximum atomic E-state index is 4.54. The molecule has 1 nitrogen and oxygen atoms in total. The van der Waals surface area contributed by atoms with E-state index in [2.05, 4.69) is 4.74 Å². The smallest absolute Gasteiger partial charge is 0.0433 e. The lowest BCUT2D eigenvalue weighted by atomic mass is 10.9. The first-order valence-corrected chi connectivity index (χ1v) is 1.40. The Morgan fingerprint density at radius 2 is 2.00 bits per heavy atom. The number of methoxy groups -OCH3 is 1. The van der Waals surface area contributed by atoms with Gasteiger partial charge in [0.1, 0.15) is 0 Å². The van der Waals surface area contributed by atoms with E-state index in [-0.39, 0.29) is 0 Å². The van der Waals surface area contributed by atoms with E-state index in [1.54, 1.807) is 7.11 Å². The molecule has 0 N–H and O–H groups in total. The molecule has 1 heteroatoms. The Morgan fingerprint density at radius 1 is 1.75 bits per heavy atom. The second kappa shape index (κ2) is 2.96. The molecule has 0 saturated carbocycles. The summed E-state index contributed by atoms with van der Waals surface area (Å²) in [6.45, 7) is 2.78. The Hall–Kier alpha value is -0.0400. The van der Waals surface area contributed by atoms with Crippen molar-refractivity contribution in [3.05, 3.63) is 0 Å². The van der Waals surface area contributed by atoms with E-state index in [1.807, 2.05) is 6.92 Å². The zero-order chi connectivity index (χ0) is 3.41. The van der Waals surface area contributed by atoms with Gasteiger partial charge >= 0.3 is 0 Å². The molecule has 0 bridgehead atoms. The third-order valence-corrected chi connectivity index (χ3v) is 0.289. The summed E-state index contributed by atoms with van der Waals surface area (Å²) in [6, 6.07) is 0. The SMILES string of the molecule is CC[17O]C. The third kappa shape index (κ3) is 1.96. The molecule has 0 radical (unpaired) electrons. The summed E-state index contributed by atoms with van der Waals surface area (Å²) in [5.41, 5.74) is 0. The third-order valence-electron chi connectivity index (χ3n) is 0.289. The van der Waals surface area contributed by atoms with Crippen molar-refractivity contribution in [1.29, 1.82) is 0 Å². The maximum Gasteiger partial charge on any atom is 0.0433 e. The van der Waals surface area contributed by atoms with Crippen LogP contribution in [-0.2, 0) is 4.74 Å². The van der Waals surface area contributed by atoms with Gasteiger partial charge in [0.25, 0.3) is 0 Å².